The van der Waals surface area contributed by atoms with Crippen LogP contribution in [-0.4, -0.2) is 27.4 Å². The summed E-state index contributed by atoms with van der Waals surface area (Å²) in [6.45, 7) is 3.85. The van der Waals surface area contributed by atoms with Crippen LogP contribution < -0.4 is 10.0 Å². The maximum atomic E-state index is 13.5. The largest absolute Gasteiger partial charge is 0.352 e. The molecule has 0 radical (unpaired) electrons. The van der Waals surface area contributed by atoms with Crippen molar-refractivity contribution in [1.29, 1.82) is 0 Å². The lowest BCUT2D eigenvalue weighted by molar-refractivity contribution is 0.0954. The number of carbonyl (C=O) groups is 1. The average Bonchev–Trinajstić information content (AvgIpc) is 2.61. The molecule has 2 aromatic carbocycles. The van der Waals surface area contributed by atoms with E-state index in [9.17, 15) is 17.6 Å². The Hall–Kier alpha value is -2.51. The predicted molar refractivity (Wildman–Crippen MR) is 94.3 cm³/mol. The highest BCUT2D eigenvalue weighted by Gasteiger charge is 2.13. The smallest absolute Gasteiger partial charge is 0.251 e. The van der Waals surface area contributed by atoms with Gasteiger partial charge in [-0.1, -0.05) is 24.3 Å². The Labute approximate surface area is 146 Å². The molecule has 1 amide bonds. The van der Waals surface area contributed by atoms with Gasteiger partial charge in [-0.15, -0.1) is 6.58 Å². The van der Waals surface area contributed by atoms with E-state index in [1.165, 1.54) is 36.4 Å². The second-order valence-corrected chi connectivity index (χ2v) is 7.03. The highest BCUT2D eigenvalue weighted by Crippen LogP contribution is 2.11. The Morgan fingerprint density at radius 3 is 2.44 bits per heavy atom. The first-order chi connectivity index (χ1) is 11.9. The third-order valence-corrected chi connectivity index (χ3v) is 4.92. The van der Waals surface area contributed by atoms with Crippen LogP contribution in [0.1, 0.15) is 15.9 Å². The molecule has 2 aromatic rings. The van der Waals surface area contributed by atoms with Crippen LogP contribution in [0.25, 0.3) is 0 Å². The summed E-state index contributed by atoms with van der Waals surface area (Å²) >= 11 is 0. The minimum Gasteiger partial charge on any atom is -0.352 e. The summed E-state index contributed by atoms with van der Waals surface area (Å²) < 4.78 is 39.7. The lowest BCUT2D eigenvalue weighted by atomic mass is 10.1. The molecule has 7 heteroatoms. The van der Waals surface area contributed by atoms with E-state index in [1.807, 2.05) is 0 Å². The van der Waals surface area contributed by atoms with Crippen LogP contribution in [-0.2, 0) is 16.4 Å². The van der Waals surface area contributed by atoms with Crippen molar-refractivity contribution >= 4 is 15.9 Å². The van der Waals surface area contributed by atoms with Crippen LogP contribution in [0.2, 0.25) is 0 Å². The zero-order chi connectivity index (χ0) is 18.3. The van der Waals surface area contributed by atoms with Gasteiger partial charge < -0.3 is 5.32 Å². The maximum absolute atomic E-state index is 13.5. The number of sulfonamides is 1. The molecule has 0 aliphatic heterocycles. The molecule has 0 fully saturated rings. The van der Waals surface area contributed by atoms with E-state index in [4.69, 9.17) is 0 Å². The van der Waals surface area contributed by atoms with Gasteiger partial charge in [0.25, 0.3) is 5.91 Å². The van der Waals surface area contributed by atoms with Crippen LogP contribution in [0.3, 0.4) is 0 Å². The van der Waals surface area contributed by atoms with E-state index in [2.05, 4.69) is 16.6 Å². The van der Waals surface area contributed by atoms with Crippen molar-refractivity contribution in [3.8, 4) is 0 Å². The summed E-state index contributed by atoms with van der Waals surface area (Å²) in [6, 6.07) is 12.0. The molecule has 0 aliphatic carbocycles. The van der Waals surface area contributed by atoms with Crippen LogP contribution in [0.15, 0.2) is 66.1 Å². The summed E-state index contributed by atoms with van der Waals surface area (Å²) in [5.41, 5.74) is 0.855. The second-order valence-electron chi connectivity index (χ2n) is 5.26. The van der Waals surface area contributed by atoms with Gasteiger partial charge in [0.15, 0.2) is 0 Å². The first-order valence-corrected chi connectivity index (χ1v) is 9.14. The molecule has 2 N–H and O–H groups in total. The van der Waals surface area contributed by atoms with E-state index in [0.29, 0.717) is 17.5 Å². The Kier molecular flexibility index (Phi) is 6.44. The van der Waals surface area contributed by atoms with Crippen molar-refractivity contribution in [3.05, 3.63) is 78.1 Å². The summed E-state index contributed by atoms with van der Waals surface area (Å²) in [7, 11) is -3.62. The Balaban J connectivity index is 1.94. The third kappa shape index (κ3) is 5.23. The molecule has 0 atom stereocenters. The lowest BCUT2D eigenvalue weighted by Gasteiger charge is -2.08. The van der Waals surface area contributed by atoms with Gasteiger partial charge in [-0.05, 0) is 42.3 Å². The highest BCUT2D eigenvalue weighted by atomic mass is 32.2. The molecule has 5 nitrogen and oxygen atoms in total. The number of amides is 1. The number of nitrogens with one attached hydrogen (secondary N) is 2. The standard InChI is InChI=1S/C18H19FN2O3S/c1-2-12-21-25(23,24)16-9-7-15(8-10-16)18(22)20-13-11-14-5-3-4-6-17(14)19/h2-10,21H,1,11-13H2,(H,20,22). The summed E-state index contributed by atoms with van der Waals surface area (Å²) in [5, 5.41) is 2.68. The van der Waals surface area contributed by atoms with Crippen LogP contribution in [0.4, 0.5) is 4.39 Å². The molecule has 0 aromatic heterocycles. The number of hydrogen-bond donors (Lipinski definition) is 2. The Morgan fingerprint density at radius 2 is 1.80 bits per heavy atom. The molecule has 25 heavy (non-hydrogen) atoms. The monoisotopic (exact) mass is 362 g/mol. The van der Waals surface area contributed by atoms with Crippen molar-refractivity contribution in [3.63, 3.8) is 0 Å². The van der Waals surface area contributed by atoms with E-state index in [-0.39, 0.29) is 29.7 Å². The third-order valence-electron chi connectivity index (χ3n) is 3.48. The second kappa shape index (κ2) is 8.55. The van der Waals surface area contributed by atoms with Crippen LogP contribution in [0.5, 0.6) is 0 Å². The number of hydrogen-bond acceptors (Lipinski definition) is 3. The number of rotatable bonds is 8. The number of halogens is 1. The molecule has 0 saturated carbocycles. The molecule has 0 saturated heterocycles. The van der Waals surface area contributed by atoms with E-state index >= 15 is 0 Å². The molecular weight excluding hydrogens is 343 g/mol. The summed E-state index contributed by atoms with van der Waals surface area (Å²) in [5.74, 6) is -0.655. The van der Waals surface area contributed by atoms with Gasteiger partial charge in [-0.25, -0.2) is 17.5 Å². The molecular formula is C18H19FN2O3S. The SMILES string of the molecule is C=CCNS(=O)(=O)c1ccc(C(=O)NCCc2ccccc2F)cc1. The van der Waals surface area contributed by atoms with Crippen molar-refractivity contribution in [1.82, 2.24) is 10.0 Å². The maximum Gasteiger partial charge on any atom is 0.251 e. The molecule has 0 bridgehead atoms. The topological polar surface area (TPSA) is 75.3 Å². The van der Waals surface area contributed by atoms with Gasteiger partial charge >= 0.3 is 0 Å². The van der Waals surface area contributed by atoms with Gasteiger partial charge in [0.2, 0.25) is 10.0 Å². The number of carbonyl (C=O) groups excluding carboxylic acids is 1. The lowest BCUT2D eigenvalue weighted by Crippen LogP contribution is -2.26. The van der Waals surface area contributed by atoms with Gasteiger partial charge in [-0.2, -0.15) is 0 Å². The molecule has 2 rings (SSSR count). The molecule has 0 unspecified atom stereocenters. The molecule has 0 heterocycles. The average molecular weight is 362 g/mol. The van der Waals surface area contributed by atoms with Gasteiger partial charge in [0.05, 0.1) is 4.90 Å². The fourth-order valence-electron chi connectivity index (χ4n) is 2.15. The van der Waals surface area contributed by atoms with Crippen LogP contribution >= 0.6 is 0 Å². The van der Waals surface area contributed by atoms with Crippen molar-refractivity contribution in [2.75, 3.05) is 13.1 Å². The Bertz CT molecular complexity index is 849. The van der Waals surface area contributed by atoms with Gasteiger partial charge in [0, 0.05) is 18.7 Å². The molecule has 132 valence electrons. The minimum atomic E-state index is -3.62. The normalized spacial score (nSPS) is 11.1. The zero-order valence-electron chi connectivity index (χ0n) is 13.5. The van der Waals surface area contributed by atoms with Crippen LogP contribution in [0, 0.1) is 5.82 Å². The van der Waals surface area contributed by atoms with Gasteiger partial charge in [0.1, 0.15) is 5.82 Å². The van der Waals surface area contributed by atoms with Crippen molar-refractivity contribution in [2.24, 2.45) is 0 Å². The fourth-order valence-corrected chi connectivity index (χ4v) is 3.15. The predicted octanol–water partition coefficient (Wildman–Crippen LogP) is 2.26. The first-order valence-electron chi connectivity index (χ1n) is 7.66. The summed E-state index contributed by atoms with van der Waals surface area (Å²) in [4.78, 5) is 12.1. The quantitative estimate of drug-likeness (QED) is 0.708. The first kappa shape index (κ1) is 18.8. The number of benzene rings is 2. The van der Waals surface area contributed by atoms with E-state index in [0.717, 1.165) is 0 Å². The Morgan fingerprint density at radius 1 is 1.12 bits per heavy atom. The van der Waals surface area contributed by atoms with E-state index < -0.39 is 10.0 Å². The van der Waals surface area contributed by atoms with Crippen molar-refractivity contribution < 1.29 is 17.6 Å². The van der Waals surface area contributed by atoms with Gasteiger partial charge in [-0.3, -0.25) is 4.79 Å². The van der Waals surface area contributed by atoms with Crippen molar-refractivity contribution in [2.45, 2.75) is 11.3 Å². The zero-order valence-corrected chi connectivity index (χ0v) is 14.4. The minimum absolute atomic E-state index is 0.0669. The molecule has 0 aliphatic rings. The highest BCUT2D eigenvalue weighted by molar-refractivity contribution is 7.89. The summed E-state index contributed by atoms with van der Waals surface area (Å²) in [6.07, 6.45) is 1.81. The van der Waals surface area contributed by atoms with E-state index in [1.54, 1.807) is 18.2 Å². The fraction of sp³-hybridized carbons (Fsp3) is 0.167. The molecule has 0 spiro atoms.